The highest BCUT2D eigenvalue weighted by Crippen LogP contribution is 2.36. The van der Waals surface area contributed by atoms with E-state index >= 15 is 0 Å². The van der Waals surface area contributed by atoms with Crippen LogP contribution in [0.25, 0.3) is 11.3 Å². The van der Waals surface area contributed by atoms with E-state index in [0.717, 1.165) is 16.8 Å². The summed E-state index contributed by atoms with van der Waals surface area (Å²) >= 11 is 1.50. The van der Waals surface area contributed by atoms with Gasteiger partial charge < -0.3 is 14.7 Å². The SMILES string of the molecule is O=C(O)c1cccc(CN2C(=O)COc3ccc(-c4cscn4)cc32)c1. The normalized spacial score (nSPS) is 13.2. The molecule has 130 valence electrons. The summed E-state index contributed by atoms with van der Waals surface area (Å²) in [7, 11) is 0. The molecule has 0 spiro atoms. The molecule has 0 unspecified atom stereocenters. The minimum absolute atomic E-state index is 0.0400. The van der Waals surface area contributed by atoms with E-state index in [1.165, 1.54) is 17.4 Å². The highest BCUT2D eigenvalue weighted by atomic mass is 32.1. The molecule has 2 aromatic carbocycles. The number of benzene rings is 2. The van der Waals surface area contributed by atoms with Gasteiger partial charge in [-0.05, 0) is 35.9 Å². The number of ether oxygens (including phenoxy) is 1. The van der Waals surface area contributed by atoms with Crippen LogP contribution in [-0.2, 0) is 11.3 Å². The summed E-state index contributed by atoms with van der Waals surface area (Å²) in [5.41, 5.74) is 5.08. The molecule has 26 heavy (non-hydrogen) atoms. The van der Waals surface area contributed by atoms with Gasteiger partial charge in [0.2, 0.25) is 0 Å². The van der Waals surface area contributed by atoms with Crippen molar-refractivity contribution in [3.63, 3.8) is 0 Å². The van der Waals surface area contributed by atoms with Gasteiger partial charge in [0.1, 0.15) is 5.75 Å². The number of aromatic nitrogens is 1. The zero-order valence-electron chi connectivity index (χ0n) is 13.6. The largest absolute Gasteiger partial charge is 0.482 e. The predicted octanol–water partition coefficient (Wildman–Crippen LogP) is 3.43. The Morgan fingerprint density at radius 1 is 1.27 bits per heavy atom. The van der Waals surface area contributed by atoms with Crippen LogP contribution in [0.2, 0.25) is 0 Å². The molecule has 0 atom stereocenters. The van der Waals surface area contributed by atoms with Crippen LogP contribution in [0.15, 0.2) is 53.4 Å². The van der Waals surface area contributed by atoms with Gasteiger partial charge in [-0.15, -0.1) is 11.3 Å². The van der Waals surface area contributed by atoms with Gasteiger partial charge >= 0.3 is 5.97 Å². The monoisotopic (exact) mass is 366 g/mol. The molecule has 0 fully saturated rings. The van der Waals surface area contributed by atoms with Gasteiger partial charge in [0, 0.05) is 10.9 Å². The van der Waals surface area contributed by atoms with Crippen LogP contribution in [-0.4, -0.2) is 28.6 Å². The van der Waals surface area contributed by atoms with Gasteiger partial charge in [-0.2, -0.15) is 0 Å². The van der Waals surface area contributed by atoms with E-state index in [0.29, 0.717) is 11.4 Å². The molecular formula is C19H14N2O4S. The van der Waals surface area contributed by atoms with Crippen molar-refractivity contribution in [3.8, 4) is 17.0 Å². The Bertz CT molecular complexity index is 985. The van der Waals surface area contributed by atoms with Gasteiger partial charge in [0.25, 0.3) is 5.91 Å². The van der Waals surface area contributed by atoms with Crippen LogP contribution in [0.5, 0.6) is 5.75 Å². The van der Waals surface area contributed by atoms with E-state index in [4.69, 9.17) is 9.84 Å². The molecule has 0 bridgehead atoms. The first-order chi connectivity index (χ1) is 12.6. The number of nitrogens with zero attached hydrogens (tertiary/aromatic N) is 2. The average Bonchev–Trinajstić information content (AvgIpc) is 3.19. The molecule has 4 rings (SSSR count). The lowest BCUT2D eigenvalue weighted by molar-refractivity contribution is -0.121. The van der Waals surface area contributed by atoms with Crippen molar-refractivity contribution in [2.75, 3.05) is 11.5 Å². The fraction of sp³-hybridized carbons (Fsp3) is 0.105. The number of carboxylic acids is 1. The maximum atomic E-state index is 12.4. The van der Waals surface area contributed by atoms with E-state index in [-0.39, 0.29) is 24.6 Å². The van der Waals surface area contributed by atoms with Gasteiger partial charge in [-0.3, -0.25) is 4.79 Å². The average molecular weight is 366 g/mol. The van der Waals surface area contributed by atoms with Crippen LogP contribution >= 0.6 is 11.3 Å². The van der Waals surface area contributed by atoms with Crippen LogP contribution < -0.4 is 9.64 Å². The summed E-state index contributed by atoms with van der Waals surface area (Å²) < 4.78 is 5.53. The molecule has 0 radical (unpaired) electrons. The molecule has 1 N–H and O–H groups in total. The highest BCUT2D eigenvalue weighted by Gasteiger charge is 2.26. The third kappa shape index (κ3) is 3.04. The van der Waals surface area contributed by atoms with Crippen LogP contribution in [0.4, 0.5) is 5.69 Å². The summed E-state index contributed by atoms with van der Waals surface area (Å²) in [6.45, 7) is 0.235. The lowest BCUT2D eigenvalue weighted by Crippen LogP contribution is -2.38. The molecule has 1 aliphatic rings. The Balaban J connectivity index is 1.71. The fourth-order valence-electron chi connectivity index (χ4n) is 2.88. The molecule has 0 saturated carbocycles. The van der Waals surface area contributed by atoms with E-state index in [1.54, 1.807) is 28.6 Å². The first-order valence-corrected chi connectivity index (χ1v) is 8.84. The highest BCUT2D eigenvalue weighted by molar-refractivity contribution is 7.07. The zero-order valence-corrected chi connectivity index (χ0v) is 14.4. The smallest absolute Gasteiger partial charge is 0.335 e. The number of amides is 1. The van der Waals surface area contributed by atoms with Crippen molar-refractivity contribution >= 4 is 28.9 Å². The van der Waals surface area contributed by atoms with Crippen molar-refractivity contribution in [2.24, 2.45) is 0 Å². The topological polar surface area (TPSA) is 79.7 Å². The van der Waals surface area contributed by atoms with Gasteiger partial charge in [0.15, 0.2) is 6.61 Å². The number of carbonyl (C=O) groups excluding carboxylic acids is 1. The molecule has 6 nitrogen and oxygen atoms in total. The molecule has 7 heteroatoms. The second-order valence-corrected chi connectivity index (χ2v) is 6.55. The van der Waals surface area contributed by atoms with Crippen molar-refractivity contribution < 1.29 is 19.4 Å². The standard InChI is InChI=1S/C19H14N2O4S/c22-18-9-25-17-5-4-13(15-10-26-11-20-15)7-16(17)21(18)8-12-2-1-3-14(6-12)19(23)24/h1-7,10-11H,8-9H2,(H,23,24). The second kappa shape index (κ2) is 6.61. The Labute approximate surface area is 153 Å². The fourth-order valence-corrected chi connectivity index (χ4v) is 3.44. The number of rotatable bonds is 4. The molecule has 3 aromatic rings. The molecule has 0 saturated heterocycles. The summed E-state index contributed by atoms with van der Waals surface area (Å²) in [6, 6.07) is 12.2. The summed E-state index contributed by atoms with van der Waals surface area (Å²) in [4.78, 5) is 29.6. The number of hydrogen-bond acceptors (Lipinski definition) is 5. The summed E-state index contributed by atoms with van der Waals surface area (Å²) in [5.74, 6) is -0.544. The number of carbonyl (C=O) groups is 2. The summed E-state index contributed by atoms with van der Waals surface area (Å²) in [5, 5.41) is 11.1. The Morgan fingerprint density at radius 3 is 2.92 bits per heavy atom. The number of hydrogen-bond donors (Lipinski definition) is 1. The number of carboxylic acid groups (broad SMARTS) is 1. The molecule has 1 amide bonds. The third-order valence-electron chi connectivity index (χ3n) is 4.14. The minimum Gasteiger partial charge on any atom is -0.482 e. The van der Waals surface area contributed by atoms with Crippen molar-refractivity contribution in [3.05, 3.63) is 64.5 Å². The lowest BCUT2D eigenvalue weighted by atomic mass is 10.1. The van der Waals surface area contributed by atoms with E-state index in [2.05, 4.69) is 4.98 Å². The number of fused-ring (bicyclic) bond motifs is 1. The van der Waals surface area contributed by atoms with Gasteiger partial charge in [-0.25, -0.2) is 9.78 Å². The van der Waals surface area contributed by atoms with E-state index < -0.39 is 5.97 Å². The van der Waals surface area contributed by atoms with Gasteiger partial charge in [0.05, 0.1) is 29.0 Å². The number of aromatic carboxylic acids is 1. The van der Waals surface area contributed by atoms with E-state index in [9.17, 15) is 9.59 Å². The van der Waals surface area contributed by atoms with Gasteiger partial charge in [-0.1, -0.05) is 12.1 Å². The van der Waals surface area contributed by atoms with Crippen LogP contribution in [0, 0.1) is 0 Å². The quantitative estimate of drug-likeness (QED) is 0.765. The Morgan fingerprint density at radius 2 is 2.15 bits per heavy atom. The van der Waals surface area contributed by atoms with Crippen LogP contribution in [0.1, 0.15) is 15.9 Å². The van der Waals surface area contributed by atoms with Crippen molar-refractivity contribution in [1.29, 1.82) is 0 Å². The maximum Gasteiger partial charge on any atom is 0.335 e. The molecular weight excluding hydrogens is 352 g/mol. The lowest BCUT2D eigenvalue weighted by Gasteiger charge is -2.30. The van der Waals surface area contributed by atoms with Crippen LogP contribution in [0.3, 0.4) is 0 Å². The second-order valence-electron chi connectivity index (χ2n) is 5.83. The first-order valence-electron chi connectivity index (χ1n) is 7.90. The molecule has 2 heterocycles. The summed E-state index contributed by atoms with van der Waals surface area (Å²) in [6.07, 6.45) is 0. The minimum atomic E-state index is -0.994. The van der Waals surface area contributed by atoms with Crippen molar-refractivity contribution in [1.82, 2.24) is 4.98 Å². The maximum absolute atomic E-state index is 12.4. The third-order valence-corrected chi connectivity index (χ3v) is 4.73. The Hall–Kier alpha value is -3.19. The van der Waals surface area contributed by atoms with Crippen molar-refractivity contribution in [2.45, 2.75) is 6.54 Å². The number of anilines is 1. The molecule has 1 aromatic heterocycles. The number of thiazole rings is 1. The molecule has 0 aliphatic carbocycles. The first kappa shape index (κ1) is 16.3. The van der Waals surface area contributed by atoms with E-state index in [1.807, 2.05) is 23.6 Å². The molecule has 1 aliphatic heterocycles. The predicted molar refractivity (Wildman–Crippen MR) is 97.6 cm³/mol. The zero-order chi connectivity index (χ0) is 18.1. The Kier molecular flexibility index (Phi) is 4.14.